The van der Waals surface area contributed by atoms with Crippen LogP contribution in [0.5, 0.6) is 0 Å². The van der Waals surface area contributed by atoms with E-state index in [0.29, 0.717) is 13.1 Å². The number of nitrogens with zero attached hydrogens (tertiary/aromatic N) is 1. The molecule has 1 N–H and O–H groups in total. The molecule has 1 saturated heterocycles. The van der Waals surface area contributed by atoms with E-state index in [2.05, 4.69) is 5.32 Å². The number of amides is 2. The van der Waals surface area contributed by atoms with Gasteiger partial charge in [-0.1, -0.05) is 0 Å². The predicted molar refractivity (Wildman–Crippen MR) is 34.7 cm³/mol. The molecule has 55 valence electrons. The van der Waals surface area contributed by atoms with Gasteiger partial charge in [0.25, 0.3) is 0 Å². The van der Waals surface area contributed by atoms with Crippen molar-refractivity contribution in [3.05, 3.63) is 6.54 Å². The summed E-state index contributed by atoms with van der Waals surface area (Å²) in [5.41, 5.74) is 0. The number of carbonyl (C=O) groups is 2. The van der Waals surface area contributed by atoms with Gasteiger partial charge in [0.1, 0.15) is 6.54 Å². The van der Waals surface area contributed by atoms with Crippen LogP contribution in [0.25, 0.3) is 0 Å². The second-order valence-corrected chi connectivity index (χ2v) is 2.13. The standard InChI is InChI=1S/C6H9N2O2/c1-5(9)8-3-2-7-6(10)4-8/h4H,2-3H2,1H3,(H,7,10). The largest absolute Gasteiger partial charge is 0.352 e. The number of piperazine rings is 1. The van der Waals surface area contributed by atoms with E-state index in [4.69, 9.17) is 0 Å². The molecule has 0 aromatic heterocycles. The summed E-state index contributed by atoms with van der Waals surface area (Å²) in [6, 6.07) is 0. The normalized spacial score (nSPS) is 18.5. The van der Waals surface area contributed by atoms with Gasteiger partial charge in [0.05, 0.1) is 0 Å². The highest BCUT2D eigenvalue weighted by molar-refractivity contribution is 5.90. The molecule has 1 heterocycles. The van der Waals surface area contributed by atoms with Gasteiger partial charge in [-0.25, -0.2) is 0 Å². The Morgan fingerprint density at radius 1 is 1.80 bits per heavy atom. The molecule has 0 aliphatic carbocycles. The van der Waals surface area contributed by atoms with Crippen molar-refractivity contribution in [1.82, 2.24) is 10.2 Å². The van der Waals surface area contributed by atoms with Crippen LogP contribution in [0.4, 0.5) is 0 Å². The molecule has 0 bridgehead atoms. The van der Waals surface area contributed by atoms with Crippen molar-refractivity contribution in [1.29, 1.82) is 0 Å². The van der Waals surface area contributed by atoms with Crippen LogP contribution in [-0.4, -0.2) is 29.8 Å². The molecular formula is C6H9N2O2. The van der Waals surface area contributed by atoms with Crippen LogP contribution in [0.2, 0.25) is 0 Å². The topological polar surface area (TPSA) is 49.4 Å². The average Bonchev–Trinajstić information content (AvgIpc) is 1.88. The highest BCUT2D eigenvalue weighted by Crippen LogP contribution is 1.97. The van der Waals surface area contributed by atoms with Crippen LogP contribution in [0, 0.1) is 6.54 Å². The zero-order valence-electron chi connectivity index (χ0n) is 5.76. The molecule has 1 aliphatic heterocycles. The van der Waals surface area contributed by atoms with Crippen molar-refractivity contribution < 1.29 is 9.59 Å². The molecule has 0 unspecified atom stereocenters. The maximum atomic E-state index is 10.7. The van der Waals surface area contributed by atoms with E-state index in [0.717, 1.165) is 0 Å². The minimum absolute atomic E-state index is 0.0881. The Labute approximate surface area is 59.2 Å². The van der Waals surface area contributed by atoms with Crippen molar-refractivity contribution >= 4 is 11.8 Å². The molecule has 0 atom stereocenters. The fraction of sp³-hybridized carbons (Fsp3) is 0.500. The van der Waals surface area contributed by atoms with Crippen LogP contribution in [0.3, 0.4) is 0 Å². The zero-order valence-corrected chi connectivity index (χ0v) is 5.76. The molecule has 4 nitrogen and oxygen atoms in total. The quantitative estimate of drug-likeness (QED) is 0.476. The molecule has 1 radical (unpaired) electrons. The fourth-order valence-electron chi connectivity index (χ4n) is 0.800. The SMILES string of the molecule is CC(=O)N1[CH]C(=O)NCC1. The molecule has 1 fully saturated rings. The summed E-state index contributed by atoms with van der Waals surface area (Å²) in [5.74, 6) is -0.281. The smallest absolute Gasteiger partial charge is 0.245 e. The fourth-order valence-corrected chi connectivity index (χ4v) is 0.800. The lowest BCUT2D eigenvalue weighted by Gasteiger charge is -2.24. The van der Waals surface area contributed by atoms with Crippen molar-refractivity contribution in [3.63, 3.8) is 0 Å². The first kappa shape index (κ1) is 7.05. The number of rotatable bonds is 0. The van der Waals surface area contributed by atoms with Gasteiger partial charge in [0.2, 0.25) is 11.8 Å². The molecule has 4 heteroatoms. The van der Waals surface area contributed by atoms with Gasteiger partial charge < -0.3 is 10.2 Å². The Morgan fingerprint density at radius 2 is 2.50 bits per heavy atom. The van der Waals surface area contributed by atoms with Gasteiger partial charge in [0, 0.05) is 20.0 Å². The second kappa shape index (κ2) is 2.68. The molecule has 1 rings (SSSR count). The first-order valence-electron chi connectivity index (χ1n) is 3.10. The van der Waals surface area contributed by atoms with Crippen LogP contribution in [0.1, 0.15) is 6.92 Å². The minimum atomic E-state index is -0.193. The van der Waals surface area contributed by atoms with E-state index in [1.165, 1.54) is 18.4 Å². The summed E-state index contributed by atoms with van der Waals surface area (Å²) >= 11 is 0. The third kappa shape index (κ3) is 1.46. The second-order valence-electron chi connectivity index (χ2n) is 2.13. The minimum Gasteiger partial charge on any atom is -0.352 e. The van der Waals surface area contributed by atoms with E-state index in [1.54, 1.807) is 0 Å². The Morgan fingerprint density at radius 3 is 2.90 bits per heavy atom. The monoisotopic (exact) mass is 141 g/mol. The summed E-state index contributed by atoms with van der Waals surface area (Å²) in [5, 5.41) is 2.58. The lowest BCUT2D eigenvalue weighted by Crippen LogP contribution is -2.45. The summed E-state index contributed by atoms with van der Waals surface area (Å²) in [6.45, 7) is 3.86. The molecule has 1 aliphatic rings. The van der Waals surface area contributed by atoms with Crippen molar-refractivity contribution in [2.75, 3.05) is 13.1 Å². The maximum absolute atomic E-state index is 10.7. The zero-order chi connectivity index (χ0) is 7.56. The Kier molecular flexibility index (Phi) is 1.89. The van der Waals surface area contributed by atoms with E-state index in [1.807, 2.05) is 0 Å². The molecule has 10 heavy (non-hydrogen) atoms. The molecule has 0 aromatic rings. The molecule has 0 spiro atoms. The van der Waals surface area contributed by atoms with Gasteiger partial charge in [-0.2, -0.15) is 0 Å². The lowest BCUT2D eigenvalue weighted by atomic mass is 10.3. The molecule has 0 saturated carbocycles. The average molecular weight is 141 g/mol. The van der Waals surface area contributed by atoms with Crippen molar-refractivity contribution in [3.8, 4) is 0 Å². The van der Waals surface area contributed by atoms with Gasteiger partial charge in [0.15, 0.2) is 0 Å². The Balaban J connectivity index is 2.47. The van der Waals surface area contributed by atoms with Gasteiger partial charge >= 0.3 is 0 Å². The number of carbonyl (C=O) groups excluding carboxylic acids is 2. The Hall–Kier alpha value is -1.06. The van der Waals surface area contributed by atoms with Crippen molar-refractivity contribution in [2.24, 2.45) is 0 Å². The Bertz CT molecular complexity index is 165. The first-order valence-corrected chi connectivity index (χ1v) is 3.10. The highest BCUT2D eigenvalue weighted by atomic mass is 16.2. The summed E-state index contributed by atoms with van der Waals surface area (Å²) in [6.07, 6.45) is 0. The van der Waals surface area contributed by atoms with Crippen LogP contribution in [0.15, 0.2) is 0 Å². The highest BCUT2D eigenvalue weighted by Gasteiger charge is 2.17. The van der Waals surface area contributed by atoms with Gasteiger partial charge in [-0.05, 0) is 0 Å². The summed E-state index contributed by atoms with van der Waals surface area (Å²) in [4.78, 5) is 22.7. The van der Waals surface area contributed by atoms with E-state index < -0.39 is 0 Å². The predicted octanol–water partition coefficient (Wildman–Crippen LogP) is -0.874. The number of hydrogen-bond donors (Lipinski definition) is 1. The van der Waals surface area contributed by atoms with Crippen molar-refractivity contribution in [2.45, 2.75) is 6.92 Å². The van der Waals surface area contributed by atoms with Crippen LogP contribution < -0.4 is 5.32 Å². The molecule has 0 aromatic carbocycles. The van der Waals surface area contributed by atoms with E-state index in [-0.39, 0.29) is 11.8 Å². The van der Waals surface area contributed by atoms with E-state index in [9.17, 15) is 9.59 Å². The third-order valence-corrected chi connectivity index (χ3v) is 1.33. The van der Waals surface area contributed by atoms with E-state index >= 15 is 0 Å². The van der Waals surface area contributed by atoms with Gasteiger partial charge in [-0.3, -0.25) is 9.59 Å². The lowest BCUT2D eigenvalue weighted by molar-refractivity contribution is -0.133. The molecular weight excluding hydrogens is 132 g/mol. The maximum Gasteiger partial charge on any atom is 0.245 e. The number of nitrogens with one attached hydrogen (secondary N) is 1. The number of hydrogen-bond acceptors (Lipinski definition) is 2. The summed E-state index contributed by atoms with van der Waals surface area (Å²) < 4.78 is 0. The third-order valence-electron chi connectivity index (χ3n) is 1.33. The van der Waals surface area contributed by atoms with Crippen LogP contribution in [-0.2, 0) is 9.59 Å². The van der Waals surface area contributed by atoms with Crippen LogP contribution >= 0.6 is 0 Å². The first-order chi connectivity index (χ1) is 4.70. The van der Waals surface area contributed by atoms with Gasteiger partial charge in [-0.15, -0.1) is 0 Å². The summed E-state index contributed by atoms with van der Waals surface area (Å²) in [7, 11) is 0. The molecule has 2 amide bonds.